The molecule has 2 aromatic carbocycles. The van der Waals surface area contributed by atoms with Gasteiger partial charge in [-0.3, -0.25) is 4.79 Å². The Bertz CT molecular complexity index is 644. The average molecular weight is 364 g/mol. The summed E-state index contributed by atoms with van der Waals surface area (Å²) in [4.78, 5) is 11.9. The molecule has 2 aromatic rings. The van der Waals surface area contributed by atoms with Crippen LogP contribution < -0.4 is 14.8 Å². The Balaban J connectivity index is 2.22. The second-order valence-electron chi connectivity index (χ2n) is 4.62. The molecule has 1 N–H and O–H groups in total. The molecule has 116 valence electrons. The number of nitrogens with one attached hydrogen (secondary N) is 1. The normalized spacial score (nSPS) is 10.1. The van der Waals surface area contributed by atoms with Gasteiger partial charge in [0.2, 0.25) is 0 Å². The summed E-state index contributed by atoms with van der Waals surface area (Å²) in [6, 6.07) is 13.3. The predicted octanol–water partition coefficient (Wildman–Crippen LogP) is 3.79. The van der Waals surface area contributed by atoms with Gasteiger partial charge in [-0.1, -0.05) is 30.3 Å². The van der Waals surface area contributed by atoms with Crippen LogP contribution in [0.5, 0.6) is 11.5 Å². The first-order valence-corrected chi connectivity index (χ1v) is 7.77. The second kappa shape index (κ2) is 7.84. The van der Waals surface area contributed by atoms with Crippen molar-refractivity contribution in [2.24, 2.45) is 0 Å². The average Bonchev–Trinajstić information content (AvgIpc) is 2.54. The number of amides is 1. The molecule has 0 aromatic heterocycles. The molecule has 0 aliphatic rings. The number of rotatable bonds is 6. The summed E-state index contributed by atoms with van der Waals surface area (Å²) in [6.45, 7) is 2.88. The number of hydrogen-bond acceptors (Lipinski definition) is 3. The monoisotopic (exact) mass is 363 g/mol. The Hall–Kier alpha value is -2.01. The molecule has 1 amide bonds. The van der Waals surface area contributed by atoms with Gasteiger partial charge in [0.15, 0.2) is 11.5 Å². The minimum atomic E-state index is -0.142. The van der Waals surface area contributed by atoms with Gasteiger partial charge >= 0.3 is 0 Å². The first kappa shape index (κ1) is 16.4. The lowest BCUT2D eigenvalue weighted by Crippen LogP contribution is -2.22. The largest absolute Gasteiger partial charge is 0.493 e. The second-order valence-corrected chi connectivity index (χ2v) is 5.48. The summed E-state index contributed by atoms with van der Waals surface area (Å²) in [6.07, 6.45) is 0. The molecule has 0 radical (unpaired) electrons. The van der Waals surface area contributed by atoms with Crippen LogP contribution in [0.4, 0.5) is 0 Å². The van der Waals surface area contributed by atoms with Gasteiger partial charge in [-0.2, -0.15) is 0 Å². The highest BCUT2D eigenvalue weighted by atomic mass is 79.9. The van der Waals surface area contributed by atoms with Crippen LogP contribution in [0.15, 0.2) is 46.9 Å². The molecule has 22 heavy (non-hydrogen) atoms. The van der Waals surface area contributed by atoms with Crippen LogP contribution in [0.1, 0.15) is 22.8 Å². The summed E-state index contributed by atoms with van der Waals surface area (Å²) in [5.74, 6) is 0.960. The summed E-state index contributed by atoms with van der Waals surface area (Å²) < 4.78 is 11.9. The van der Waals surface area contributed by atoms with Crippen molar-refractivity contribution in [1.82, 2.24) is 5.32 Å². The highest BCUT2D eigenvalue weighted by molar-refractivity contribution is 9.10. The van der Waals surface area contributed by atoms with Crippen molar-refractivity contribution in [2.45, 2.75) is 13.5 Å². The van der Waals surface area contributed by atoms with Gasteiger partial charge < -0.3 is 14.8 Å². The van der Waals surface area contributed by atoms with Gasteiger partial charge in [0.05, 0.1) is 11.6 Å². The van der Waals surface area contributed by atoms with E-state index in [0.29, 0.717) is 34.7 Å². The number of ether oxygens (including phenoxy) is 2. The fraction of sp³-hybridized carbons (Fsp3) is 0.235. The molecule has 0 spiro atoms. The number of carbonyl (C=O) groups excluding carboxylic acids is 1. The fourth-order valence-corrected chi connectivity index (χ4v) is 2.54. The number of benzene rings is 2. The standard InChI is InChI=1S/C17H18BrNO3/c1-3-19-17(20)13-9-14(18)16(15(10-13)21-2)22-11-12-7-5-4-6-8-12/h4-10H,3,11H2,1-2H3,(H,19,20). The molecule has 0 aliphatic carbocycles. The van der Waals surface area contributed by atoms with Gasteiger partial charge in [0.1, 0.15) is 6.61 Å². The molecule has 5 heteroatoms. The van der Waals surface area contributed by atoms with Crippen LogP contribution in [0.25, 0.3) is 0 Å². The lowest BCUT2D eigenvalue weighted by atomic mass is 10.2. The first-order chi connectivity index (χ1) is 10.7. The Morgan fingerprint density at radius 2 is 1.95 bits per heavy atom. The van der Waals surface area contributed by atoms with Crippen molar-refractivity contribution in [1.29, 1.82) is 0 Å². The Kier molecular flexibility index (Phi) is 5.83. The van der Waals surface area contributed by atoms with Crippen molar-refractivity contribution >= 4 is 21.8 Å². The maximum atomic E-state index is 11.9. The third kappa shape index (κ3) is 4.01. The molecule has 0 saturated carbocycles. The van der Waals surface area contributed by atoms with Gasteiger partial charge in [-0.05, 0) is 40.5 Å². The molecule has 0 unspecified atom stereocenters. The van der Waals surface area contributed by atoms with E-state index in [0.717, 1.165) is 5.56 Å². The zero-order chi connectivity index (χ0) is 15.9. The third-order valence-corrected chi connectivity index (χ3v) is 3.64. The van der Waals surface area contributed by atoms with E-state index < -0.39 is 0 Å². The lowest BCUT2D eigenvalue weighted by molar-refractivity contribution is 0.0955. The Morgan fingerprint density at radius 3 is 2.59 bits per heavy atom. The minimum absolute atomic E-state index is 0.142. The summed E-state index contributed by atoms with van der Waals surface area (Å²) in [5.41, 5.74) is 1.59. The van der Waals surface area contributed by atoms with Gasteiger partial charge in [-0.25, -0.2) is 0 Å². The van der Waals surface area contributed by atoms with Crippen molar-refractivity contribution in [3.8, 4) is 11.5 Å². The van der Waals surface area contributed by atoms with Crippen LogP contribution in [-0.2, 0) is 6.61 Å². The number of halogens is 1. The van der Waals surface area contributed by atoms with Gasteiger partial charge in [-0.15, -0.1) is 0 Å². The van der Waals surface area contributed by atoms with E-state index >= 15 is 0 Å². The molecule has 0 fully saturated rings. The first-order valence-electron chi connectivity index (χ1n) is 6.98. The maximum Gasteiger partial charge on any atom is 0.251 e. The molecule has 0 heterocycles. The molecular formula is C17H18BrNO3. The zero-order valence-corrected chi connectivity index (χ0v) is 14.1. The minimum Gasteiger partial charge on any atom is -0.493 e. The van der Waals surface area contributed by atoms with E-state index in [-0.39, 0.29) is 5.91 Å². The van der Waals surface area contributed by atoms with Gasteiger partial charge in [0.25, 0.3) is 5.91 Å². The number of carbonyl (C=O) groups is 1. The van der Waals surface area contributed by atoms with Crippen LogP contribution in [0, 0.1) is 0 Å². The van der Waals surface area contributed by atoms with Crippen LogP contribution in [0.3, 0.4) is 0 Å². The van der Waals surface area contributed by atoms with Gasteiger partial charge in [0, 0.05) is 12.1 Å². The topological polar surface area (TPSA) is 47.6 Å². The van der Waals surface area contributed by atoms with E-state index in [2.05, 4.69) is 21.2 Å². The van der Waals surface area contributed by atoms with E-state index in [1.165, 1.54) is 0 Å². The molecule has 2 rings (SSSR count). The summed E-state index contributed by atoms with van der Waals surface area (Å²) in [5, 5.41) is 2.76. The summed E-state index contributed by atoms with van der Waals surface area (Å²) >= 11 is 3.45. The van der Waals surface area contributed by atoms with Crippen molar-refractivity contribution in [3.05, 3.63) is 58.1 Å². The van der Waals surface area contributed by atoms with Crippen molar-refractivity contribution in [2.75, 3.05) is 13.7 Å². The molecule has 0 atom stereocenters. The predicted molar refractivity (Wildman–Crippen MR) is 89.5 cm³/mol. The molecule has 0 saturated heterocycles. The Labute approximate surface area is 138 Å². The SMILES string of the molecule is CCNC(=O)c1cc(Br)c(OCc2ccccc2)c(OC)c1. The molecule has 0 aliphatic heterocycles. The summed E-state index contributed by atoms with van der Waals surface area (Å²) in [7, 11) is 1.55. The fourth-order valence-electron chi connectivity index (χ4n) is 1.98. The quantitative estimate of drug-likeness (QED) is 0.849. The van der Waals surface area contributed by atoms with E-state index in [1.54, 1.807) is 19.2 Å². The van der Waals surface area contributed by atoms with Crippen LogP contribution in [0.2, 0.25) is 0 Å². The maximum absolute atomic E-state index is 11.9. The van der Waals surface area contributed by atoms with Crippen LogP contribution >= 0.6 is 15.9 Å². The Morgan fingerprint density at radius 1 is 1.23 bits per heavy atom. The molecule has 0 bridgehead atoms. The van der Waals surface area contributed by atoms with E-state index in [1.807, 2.05) is 37.3 Å². The van der Waals surface area contributed by atoms with Crippen molar-refractivity contribution in [3.63, 3.8) is 0 Å². The van der Waals surface area contributed by atoms with E-state index in [9.17, 15) is 4.79 Å². The molecular weight excluding hydrogens is 346 g/mol. The molecule has 4 nitrogen and oxygen atoms in total. The highest BCUT2D eigenvalue weighted by Crippen LogP contribution is 2.37. The van der Waals surface area contributed by atoms with E-state index in [4.69, 9.17) is 9.47 Å². The van der Waals surface area contributed by atoms with Crippen LogP contribution in [-0.4, -0.2) is 19.6 Å². The number of methoxy groups -OCH3 is 1. The smallest absolute Gasteiger partial charge is 0.251 e. The number of hydrogen-bond donors (Lipinski definition) is 1. The highest BCUT2D eigenvalue weighted by Gasteiger charge is 2.15. The van der Waals surface area contributed by atoms with Crippen molar-refractivity contribution < 1.29 is 14.3 Å². The lowest BCUT2D eigenvalue weighted by Gasteiger charge is -2.14. The zero-order valence-electron chi connectivity index (χ0n) is 12.6. The third-order valence-electron chi connectivity index (χ3n) is 3.05.